The van der Waals surface area contributed by atoms with E-state index in [-0.39, 0.29) is 29.0 Å². The molecule has 0 heterocycles. The molecule has 0 aromatic heterocycles. The van der Waals surface area contributed by atoms with Gasteiger partial charge in [-0.1, -0.05) is 20.8 Å². The molecule has 0 amide bonds. The zero-order chi connectivity index (χ0) is 20.7. The zero-order valence-corrected chi connectivity index (χ0v) is 18.4. The van der Waals surface area contributed by atoms with Gasteiger partial charge in [-0.25, -0.2) is 0 Å². The van der Waals surface area contributed by atoms with Gasteiger partial charge in [0.05, 0.1) is 18.1 Å². The highest BCUT2D eigenvalue weighted by atomic mass is 16.4. The Morgan fingerprint density at radius 2 is 1.62 bits per heavy atom. The Bertz CT molecular complexity index is 678. The second-order valence-corrected chi connectivity index (χ2v) is 12.2. The summed E-state index contributed by atoms with van der Waals surface area (Å²) < 4.78 is 0. The summed E-state index contributed by atoms with van der Waals surface area (Å²) in [6, 6.07) is 0. The monoisotopic (exact) mass is 404 g/mol. The first-order chi connectivity index (χ1) is 13.7. The Balaban J connectivity index is 1.39. The Morgan fingerprint density at radius 3 is 2.31 bits per heavy atom. The van der Waals surface area contributed by atoms with Crippen molar-refractivity contribution < 1.29 is 20.1 Å². The van der Waals surface area contributed by atoms with Crippen molar-refractivity contribution in [3.8, 4) is 0 Å². The van der Waals surface area contributed by atoms with E-state index in [4.69, 9.17) is 0 Å². The van der Waals surface area contributed by atoms with Gasteiger partial charge in [0.25, 0.3) is 0 Å². The first kappa shape index (κ1) is 20.3. The van der Waals surface area contributed by atoms with Gasteiger partial charge in [0, 0.05) is 0 Å². The number of carboxylic acids is 1. The molecule has 0 bridgehead atoms. The molecule has 0 aromatic rings. The van der Waals surface area contributed by atoms with Crippen LogP contribution in [0.1, 0.15) is 78.6 Å². The maximum Gasteiger partial charge on any atom is 0.306 e. The fourth-order valence-corrected chi connectivity index (χ4v) is 9.48. The van der Waals surface area contributed by atoms with Crippen LogP contribution >= 0.6 is 0 Å². The first-order valence-electron chi connectivity index (χ1n) is 12.3. The summed E-state index contributed by atoms with van der Waals surface area (Å²) in [7, 11) is 0. The Kier molecular flexibility index (Phi) is 4.68. The Hall–Kier alpha value is -0.610. The predicted octanol–water partition coefficient (Wildman–Crippen LogP) is 4.33. The highest BCUT2D eigenvalue weighted by Gasteiger charge is 2.64. The van der Waals surface area contributed by atoms with Crippen LogP contribution in [0.4, 0.5) is 0 Å². The summed E-state index contributed by atoms with van der Waals surface area (Å²) in [5.74, 6) is 2.76. The van der Waals surface area contributed by atoms with E-state index in [0.29, 0.717) is 41.4 Å². The van der Waals surface area contributed by atoms with Crippen molar-refractivity contribution in [3.05, 3.63) is 0 Å². The highest BCUT2D eigenvalue weighted by molar-refractivity contribution is 5.73. The minimum atomic E-state index is -0.605. The lowest BCUT2D eigenvalue weighted by atomic mass is 9.43. The fourth-order valence-electron chi connectivity index (χ4n) is 9.48. The minimum Gasteiger partial charge on any atom is -0.481 e. The van der Waals surface area contributed by atoms with Crippen molar-refractivity contribution in [1.29, 1.82) is 0 Å². The number of fused-ring (bicyclic) bond motifs is 5. The largest absolute Gasteiger partial charge is 0.481 e. The molecule has 12 atom stereocenters. The number of aliphatic carboxylic acids is 1. The third-order valence-corrected chi connectivity index (χ3v) is 11.2. The molecule has 29 heavy (non-hydrogen) atoms. The molecule has 5 fully saturated rings. The summed E-state index contributed by atoms with van der Waals surface area (Å²) in [5, 5.41) is 30.9. The molecule has 0 spiro atoms. The van der Waals surface area contributed by atoms with E-state index < -0.39 is 5.97 Å². The van der Waals surface area contributed by atoms with Crippen LogP contribution in [0.15, 0.2) is 0 Å². The molecule has 5 aliphatic carbocycles. The maximum absolute atomic E-state index is 11.4. The molecule has 0 radical (unpaired) electrons. The van der Waals surface area contributed by atoms with Gasteiger partial charge in [-0.05, 0) is 110 Å². The van der Waals surface area contributed by atoms with Crippen molar-refractivity contribution in [2.24, 2.45) is 58.2 Å². The van der Waals surface area contributed by atoms with E-state index in [2.05, 4.69) is 20.8 Å². The molecule has 3 N–H and O–H groups in total. The van der Waals surface area contributed by atoms with Gasteiger partial charge in [-0.2, -0.15) is 0 Å². The van der Waals surface area contributed by atoms with E-state index in [0.717, 1.165) is 32.1 Å². The molecular formula is C25H40O4. The lowest BCUT2D eigenvalue weighted by Crippen LogP contribution is -2.58. The smallest absolute Gasteiger partial charge is 0.306 e. The Morgan fingerprint density at radius 1 is 0.931 bits per heavy atom. The van der Waals surface area contributed by atoms with Crippen LogP contribution in [-0.4, -0.2) is 33.5 Å². The summed E-state index contributed by atoms with van der Waals surface area (Å²) >= 11 is 0. The molecule has 5 unspecified atom stereocenters. The third kappa shape index (κ3) is 2.87. The van der Waals surface area contributed by atoms with Gasteiger partial charge in [0.15, 0.2) is 0 Å². The van der Waals surface area contributed by atoms with Crippen LogP contribution in [0.3, 0.4) is 0 Å². The first-order valence-corrected chi connectivity index (χ1v) is 12.3. The lowest BCUT2D eigenvalue weighted by Gasteiger charge is -2.62. The second kappa shape index (κ2) is 6.69. The Labute approximate surface area is 175 Å². The minimum absolute atomic E-state index is 0.113. The van der Waals surface area contributed by atoms with Gasteiger partial charge >= 0.3 is 5.97 Å². The summed E-state index contributed by atoms with van der Waals surface area (Å²) in [6.45, 7) is 7.26. The molecule has 0 aliphatic heterocycles. The number of hydrogen-bond donors (Lipinski definition) is 3. The van der Waals surface area contributed by atoms with E-state index in [1.807, 2.05) is 0 Å². The number of aliphatic hydroxyl groups excluding tert-OH is 2. The van der Waals surface area contributed by atoms with Crippen LogP contribution in [0, 0.1) is 58.2 Å². The number of hydrogen-bond acceptors (Lipinski definition) is 3. The molecule has 4 heteroatoms. The van der Waals surface area contributed by atoms with Crippen molar-refractivity contribution >= 4 is 5.97 Å². The summed E-state index contributed by atoms with van der Waals surface area (Å²) in [4.78, 5) is 11.4. The second-order valence-electron chi connectivity index (χ2n) is 12.2. The highest BCUT2D eigenvalue weighted by Crippen LogP contribution is 2.69. The number of carbonyl (C=O) groups is 1. The van der Waals surface area contributed by atoms with Gasteiger partial charge < -0.3 is 15.3 Å². The van der Waals surface area contributed by atoms with Crippen LogP contribution in [0.2, 0.25) is 0 Å². The number of rotatable bonds is 3. The summed E-state index contributed by atoms with van der Waals surface area (Å²) in [5.41, 5.74) is 0.531. The van der Waals surface area contributed by atoms with Gasteiger partial charge in [-0.3, -0.25) is 4.79 Å². The molecule has 0 saturated heterocycles. The molecule has 0 aromatic carbocycles. The van der Waals surface area contributed by atoms with Crippen molar-refractivity contribution in [2.75, 3.05) is 0 Å². The molecule has 5 saturated carbocycles. The quantitative estimate of drug-likeness (QED) is 0.654. The van der Waals surface area contributed by atoms with Crippen molar-refractivity contribution in [1.82, 2.24) is 0 Å². The van der Waals surface area contributed by atoms with E-state index in [1.165, 1.54) is 25.7 Å². The zero-order valence-electron chi connectivity index (χ0n) is 18.4. The average molecular weight is 405 g/mol. The normalized spacial score (nSPS) is 57.3. The van der Waals surface area contributed by atoms with E-state index in [9.17, 15) is 20.1 Å². The topological polar surface area (TPSA) is 77.8 Å². The van der Waals surface area contributed by atoms with Crippen molar-refractivity contribution in [3.63, 3.8) is 0 Å². The molecule has 164 valence electrons. The van der Waals surface area contributed by atoms with Crippen LogP contribution in [-0.2, 0) is 4.79 Å². The van der Waals surface area contributed by atoms with Gasteiger partial charge in [0.2, 0.25) is 0 Å². The van der Waals surface area contributed by atoms with Gasteiger partial charge in [-0.15, -0.1) is 0 Å². The lowest BCUT2D eigenvalue weighted by molar-refractivity contribution is -0.174. The van der Waals surface area contributed by atoms with Crippen molar-refractivity contribution in [2.45, 2.75) is 90.8 Å². The SMILES string of the molecule is CC(C1CC[C@H]2[C@@H]3[C@@H](O)CC4C[C@H](O)CCC4(C)[C@H]3CCC12C)[C@H]1C[C@H]1C(=O)O. The fraction of sp³-hybridized carbons (Fsp3) is 0.960. The maximum atomic E-state index is 11.4. The van der Waals surface area contributed by atoms with E-state index in [1.54, 1.807) is 0 Å². The average Bonchev–Trinajstić information content (AvgIpc) is 3.39. The predicted molar refractivity (Wildman–Crippen MR) is 111 cm³/mol. The molecule has 5 rings (SSSR count). The number of aliphatic hydroxyl groups is 2. The standard InChI is InChI=1S/C25H40O4/c1-13(16-12-17(16)23(28)29)18-4-5-19-22-20(7-9-25(18,19)3)24(2)8-6-15(26)10-14(24)11-21(22)27/h13-22,26-27H,4-12H2,1-3H3,(H,28,29)/t13?,14?,15-,16-,17-,18?,19+,20+,21+,22+,24?,25?/m1/s1. The molecule has 5 aliphatic rings. The molecular weight excluding hydrogens is 364 g/mol. The number of carboxylic acid groups (broad SMARTS) is 1. The summed E-state index contributed by atoms with van der Waals surface area (Å²) in [6.07, 6.45) is 9.08. The van der Waals surface area contributed by atoms with Crippen LogP contribution in [0.5, 0.6) is 0 Å². The van der Waals surface area contributed by atoms with Gasteiger partial charge in [0.1, 0.15) is 0 Å². The third-order valence-electron chi connectivity index (χ3n) is 11.2. The van der Waals surface area contributed by atoms with Crippen LogP contribution < -0.4 is 0 Å². The van der Waals surface area contributed by atoms with Crippen LogP contribution in [0.25, 0.3) is 0 Å². The molecule has 4 nitrogen and oxygen atoms in total. The van der Waals surface area contributed by atoms with E-state index >= 15 is 0 Å².